The zero-order chi connectivity index (χ0) is 13.8. The molecular weight excluding hydrogens is 230 g/mol. The molecule has 0 bridgehead atoms. The molecular formula is C14H19NO3. The number of ether oxygens (including phenoxy) is 1. The maximum atomic E-state index is 12.0. The quantitative estimate of drug-likeness (QED) is 0.592. The number of para-hydroxylation sites is 1. The number of hydrogen-bond acceptors (Lipinski definition) is 4. The molecule has 1 aromatic carbocycles. The fraction of sp³-hybridized carbons (Fsp3) is 0.429. The highest BCUT2D eigenvalue weighted by Crippen LogP contribution is 2.24. The summed E-state index contributed by atoms with van der Waals surface area (Å²) in [6.07, 6.45) is 0. The van der Waals surface area contributed by atoms with Gasteiger partial charge in [-0.25, -0.2) is 4.79 Å². The molecule has 0 spiro atoms. The standard InChI is InChI=1S/C14H19NO3/c1-5-18-13(17)14(3,11(2)16)15(4)12-9-7-6-8-10-12/h6-10H,5H2,1-4H3. The number of Topliss-reactive ketones (excluding diaryl/α,β-unsaturated/α-hetero) is 1. The van der Waals surface area contributed by atoms with E-state index in [9.17, 15) is 9.59 Å². The third-order valence-corrected chi connectivity index (χ3v) is 3.17. The maximum Gasteiger partial charge on any atom is 0.339 e. The van der Waals surface area contributed by atoms with Crippen molar-refractivity contribution < 1.29 is 14.3 Å². The second-order valence-corrected chi connectivity index (χ2v) is 4.24. The third-order valence-electron chi connectivity index (χ3n) is 3.17. The van der Waals surface area contributed by atoms with Gasteiger partial charge in [0.25, 0.3) is 0 Å². The van der Waals surface area contributed by atoms with Crippen LogP contribution >= 0.6 is 0 Å². The summed E-state index contributed by atoms with van der Waals surface area (Å²) in [5.41, 5.74) is -0.500. The van der Waals surface area contributed by atoms with Crippen molar-refractivity contribution in [2.75, 3.05) is 18.6 Å². The van der Waals surface area contributed by atoms with E-state index in [1.807, 2.05) is 30.3 Å². The van der Waals surface area contributed by atoms with Gasteiger partial charge in [0.2, 0.25) is 0 Å². The molecule has 1 rings (SSSR count). The summed E-state index contributed by atoms with van der Waals surface area (Å²) in [4.78, 5) is 25.5. The monoisotopic (exact) mass is 249 g/mol. The molecule has 0 aromatic heterocycles. The summed E-state index contributed by atoms with van der Waals surface area (Å²) in [6, 6.07) is 9.29. The predicted octanol–water partition coefficient (Wildman–Crippen LogP) is 2.03. The van der Waals surface area contributed by atoms with Crippen molar-refractivity contribution in [3.8, 4) is 0 Å². The Morgan fingerprint density at radius 2 is 1.83 bits per heavy atom. The average Bonchev–Trinajstić information content (AvgIpc) is 2.37. The molecule has 0 aliphatic heterocycles. The Bertz CT molecular complexity index is 430. The molecule has 1 aromatic rings. The van der Waals surface area contributed by atoms with Crippen molar-refractivity contribution >= 4 is 17.4 Å². The van der Waals surface area contributed by atoms with Gasteiger partial charge < -0.3 is 9.64 Å². The van der Waals surface area contributed by atoms with E-state index in [0.29, 0.717) is 0 Å². The Balaban J connectivity index is 3.13. The molecule has 4 heteroatoms. The van der Waals surface area contributed by atoms with Gasteiger partial charge >= 0.3 is 5.97 Å². The van der Waals surface area contributed by atoms with Crippen molar-refractivity contribution in [3.63, 3.8) is 0 Å². The molecule has 4 nitrogen and oxygen atoms in total. The highest BCUT2D eigenvalue weighted by Gasteiger charge is 2.44. The molecule has 1 atom stereocenters. The number of esters is 1. The van der Waals surface area contributed by atoms with E-state index in [2.05, 4.69) is 0 Å². The lowest BCUT2D eigenvalue weighted by Crippen LogP contribution is -2.56. The summed E-state index contributed by atoms with van der Waals surface area (Å²) in [7, 11) is 1.72. The summed E-state index contributed by atoms with van der Waals surface area (Å²) < 4.78 is 5.01. The number of carbonyl (C=O) groups excluding carboxylic acids is 2. The maximum absolute atomic E-state index is 12.0. The van der Waals surface area contributed by atoms with Crippen LogP contribution in [0.4, 0.5) is 5.69 Å². The van der Waals surface area contributed by atoms with Crippen molar-refractivity contribution in [1.29, 1.82) is 0 Å². The van der Waals surface area contributed by atoms with Gasteiger partial charge in [-0.2, -0.15) is 0 Å². The highest BCUT2D eigenvalue weighted by molar-refractivity contribution is 6.10. The van der Waals surface area contributed by atoms with E-state index in [1.54, 1.807) is 25.8 Å². The van der Waals surface area contributed by atoms with E-state index in [4.69, 9.17) is 4.74 Å². The molecule has 98 valence electrons. The number of benzene rings is 1. The molecule has 0 saturated heterocycles. The normalized spacial score (nSPS) is 13.6. The first kappa shape index (κ1) is 14.2. The Hall–Kier alpha value is -1.84. The Morgan fingerprint density at radius 3 is 2.28 bits per heavy atom. The van der Waals surface area contributed by atoms with Crippen LogP contribution in [0.25, 0.3) is 0 Å². The number of likely N-dealkylation sites (N-methyl/N-ethyl adjacent to an activating group) is 1. The predicted molar refractivity (Wildman–Crippen MR) is 70.6 cm³/mol. The summed E-state index contributed by atoms with van der Waals surface area (Å²) in [6.45, 7) is 4.96. The molecule has 0 aliphatic carbocycles. The van der Waals surface area contributed by atoms with Gasteiger partial charge in [0.05, 0.1) is 6.61 Å². The molecule has 0 radical (unpaired) electrons. The average molecular weight is 249 g/mol. The first-order valence-electron chi connectivity index (χ1n) is 5.91. The topological polar surface area (TPSA) is 46.6 Å². The van der Waals surface area contributed by atoms with Crippen molar-refractivity contribution in [3.05, 3.63) is 30.3 Å². The molecule has 0 amide bonds. The van der Waals surface area contributed by atoms with Crippen LogP contribution in [0, 0.1) is 0 Å². The number of carbonyl (C=O) groups is 2. The minimum absolute atomic E-state index is 0.243. The van der Waals surface area contributed by atoms with Gasteiger partial charge in [-0.1, -0.05) is 18.2 Å². The van der Waals surface area contributed by atoms with E-state index in [1.165, 1.54) is 6.92 Å². The third kappa shape index (κ3) is 2.53. The second-order valence-electron chi connectivity index (χ2n) is 4.24. The van der Waals surface area contributed by atoms with Crippen LogP contribution in [0.15, 0.2) is 30.3 Å². The Kier molecular flexibility index (Phi) is 4.48. The van der Waals surface area contributed by atoms with Crippen molar-refractivity contribution in [1.82, 2.24) is 0 Å². The van der Waals surface area contributed by atoms with Crippen LogP contribution in [-0.2, 0) is 14.3 Å². The van der Waals surface area contributed by atoms with Gasteiger partial charge in [0, 0.05) is 12.7 Å². The molecule has 1 unspecified atom stereocenters. The van der Waals surface area contributed by atoms with E-state index in [-0.39, 0.29) is 12.4 Å². The second kappa shape index (κ2) is 5.67. The molecule has 0 N–H and O–H groups in total. The number of rotatable bonds is 5. The number of hydrogen-bond donors (Lipinski definition) is 0. The molecule has 0 fully saturated rings. The summed E-state index contributed by atoms with van der Waals surface area (Å²) in [5, 5.41) is 0. The number of nitrogens with zero attached hydrogens (tertiary/aromatic N) is 1. The van der Waals surface area contributed by atoms with Gasteiger partial charge in [0.15, 0.2) is 11.3 Å². The van der Waals surface area contributed by atoms with Gasteiger partial charge in [0.1, 0.15) is 0 Å². The SMILES string of the molecule is CCOC(=O)C(C)(C(C)=O)N(C)c1ccccc1. The zero-order valence-electron chi connectivity index (χ0n) is 11.3. The first-order chi connectivity index (χ1) is 8.44. The first-order valence-corrected chi connectivity index (χ1v) is 5.91. The Labute approximate surface area is 108 Å². The summed E-state index contributed by atoms with van der Waals surface area (Å²) >= 11 is 0. The smallest absolute Gasteiger partial charge is 0.339 e. The number of anilines is 1. The fourth-order valence-electron chi connectivity index (χ4n) is 1.70. The van der Waals surface area contributed by atoms with Crippen LogP contribution in [-0.4, -0.2) is 30.9 Å². The van der Waals surface area contributed by atoms with Gasteiger partial charge in [-0.05, 0) is 32.9 Å². The van der Waals surface area contributed by atoms with E-state index < -0.39 is 11.5 Å². The highest BCUT2D eigenvalue weighted by atomic mass is 16.5. The Morgan fingerprint density at radius 1 is 1.28 bits per heavy atom. The van der Waals surface area contributed by atoms with Crippen LogP contribution in [0.1, 0.15) is 20.8 Å². The zero-order valence-corrected chi connectivity index (χ0v) is 11.3. The van der Waals surface area contributed by atoms with Crippen molar-refractivity contribution in [2.24, 2.45) is 0 Å². The largest absolute Gasteiger partial charge is 0.464 e. The molecule has 0 heterocycles. The van der Waals surface area contributed by atoms with Crippen LogP contribution < -0.4 is 4.90 Å². The lowest BCUT2D eigenvalue weighted by molar-refractivity contribution is -0.152. The summed E-state index contributed by atoms with van der Waals surface area (Å²) in [5.74, 6) is -0.767. The lowest BCUT2D eigenvalue weighted by Gasteiger charge is -2.35. The lowest BCUT2D eigenvalue weighted by atomic mass is 9.95. The minimum atomic E-state index is -1.29. The number of ketones is 1. The van der Waals surface area contributed by atoms with Gasteiger partial charge in [-0.3, -0.25) is 4.79 Å². The van der Waals surface area contributed by atoms with E-state index >= 15 is 0 Å². The van der Waals surface area contributed by atoms with E-state index in [0.717, 1.165) is 5.69 Å². The molecule has 0 aliphatic rings. The molecule has 18 heavy (non-hydrogen) atoms. The van der Waals surface area contributed by atoms with Crippen LogP contribution in [0.3, 0.4) is 0 Å². The molecule has 0 saturated carbocycles. The van der Waals surface area contributed by atoms with Crippen molar-refractivity contribution in [2.45, 2.75) is 26.3 Å². The van der Waals surface area contributed by atoms with Gasteiger partial charge in [-0.15, -0.1) is 0 Å². The minimum Gasteiger partial charge on any atom is -0.464 e. The van der Waals surface area contributed by atoms with Crippen LogP contribution in [0.2, 0.25) is 0 Å². The van der Waals surface area contributed by atoms with Crippen LogP contribution in [0.5, 0.6) is 0 Å². The fourth-order valence-corrected chi connectivity index (χ4v) is 1.70.